The van der Waals surface area contributed by atoms with E-state index in [1.807, 2.05) is 12.1 Å². The van der Waals surface area contributed by atoms with E-state index in [2.05, 4.69) is 23.1 Å². The number of benzene rings is 2. The van der Waals surface area contributed by atoms with Gasteiger partial charge in [0.1, 0.15) is 5.75 Å². The largest absolute Gasteiger partial charge is 0.484 e. The summed E-state index contributed by atoms with van der Waals surface area (Å²) in [6.07, 6.45) is 0.933. The molecule has 0 bridgehead atoms. The molecule has 6 nitrogen and oxygen atoms in total. The van der Waals surface area contributed by atoms with Gasteiger partial charge in [0.2, 0.25) is 0 Å². The van der Waals surface area contributed by atoms with Crippen molar-refractivity contribution in [1.82, 2.24) is 16.2 Å². The number of aryl methyl sites for hydroxylation is 1. The summed E-state index contributed by atoms with van der Waals surface area (Å²) in [7, 11) is 0. The number of ether oxygens (including phenoxy) is 1. The SMILES string of the molecule is CCc1ccc(OCC(=O)NNC(=S)NC(=O)c2ccccc2Cl)cc1. The van der Waals surface area contributed by atoms with Crippen LogP contribution in [0.2, 0.25) is 5.02 Å². The second kappa shape index (κ2) is 9.74. The molecule has 0 spiro atoms. The third-order valence-electron chi connectivity index (χ3n) is 3.36. The standard InChI is InChI=1S/C18H18ClN3O3S/c1-2-12-7-9-13(10-8-12)25-11-16(23)21-22-18(26)20-17(24)14-5-3-4-6-15(14)19/h3-10H,2,11H2,1H3,(H,21,23)(H2,20,22,24,26). The minimum absolute atomic E-state index is 0.0597. The summed E-state index contributed by atoms with van der Waals surface area (Å²) >= 11 is 10.9. The summed E-state index contributed by atoms with van der Waals surface area (Å²) in [6, 6.07) is 14.0. The molecule has 2 aromatic carbocycles. The third kappa shape index (κ3) is 6.02. The maximum atomic E-state index is 12.0. The van der Waals surface area contributed by atoms with Gasteiger partial charge < -0.3 is 4.74 Å². The van der Waals surface area contributed by atoms with Crippen molar-refractivity contribution in [3.05, 3.63) is 64.7 Å². The van der Waals surface area contributed by atoms with Crippen molar-refractivity contribution < 1.29 is 14.3 Å². The Bertz CT molecular complexity index is 797. The van der Waals surface area contributed by atoms with E-state index in [4.69, 9.17) is 28.6 Å². The molecule has 0 aromatic heterocycles. The zero-order valence-corrected chi connectivity index (χ0v) is 15.6. The van der Waals surface area contributed by atoms with E-state index in [1.165, 1.54) is 5.56 Å². The molecule has 0 heterocycles. The first-order valence-electron chi connectivity index (χ1n) is 7.86. The van der Waals surface area contributed by atoms with Crippen LogP contribution in [0.5, 0.6) is 5.75 Å². The molecule has 0 atom stereocenters. The molecule has 3 N–H and O–H groups in total. The van der Waals surface area contributed by atoms with Gasteiger partial charge in [-0.15, -0.1) is 0 Å². The lowest BCUT2D eigenvalue weighted by molar-refractivity contribution is -0.123. The fourth-order valence-corrected chi connectivity index (χ4v) is 2.35. The number of carbonyl (C=O) groups excluding carboxylic acids is 2. The Morgan fingerprint density at radius 1 is 1.08 bits per heavy atom. The molecule has 0 radical (unpaired) electrons. The summed E-state index contributed by atoms with van der Waals surface area (Å²) in [6.45, 7) is 1.86. The van der Waals surface area contributed by atoms with Gasteiger partial charge in [-0.05, 0) is 48.5 Å². The van der Waals surface area contributed by atoms with Crippen LogP contribution in [0.3, 0.4) is 0 Å². The second-order valence-electron chi connectivity index (χ2n) is 5.22. The normalized spacial score (nSPS) is 9.92. The highest BCUT2D eigenvalue weighted by Gasteiger charge is 2.11. The number of thiocarbonyl (C=S) groups is 1. The Kier molecular flexibility index (Phi) is 7.37. The van der Waals surface area contributed by atoms with Crippen LogP contribution in [-0.2, 0) is 11.2 Å². The molecule has 26 heavy (non-hydrogen) atoms. The number of carbonyl (C=O) groups is 2. The molecule has 2 aromatic rings. The monoisotopic (exact) mass is 391 g/mol. The molecule has 2 rings (SSSR count). The van der Waals surface area contributed by atoms with Crippen molar-refractivity contribution >= 4 is 40.7 Å². The maximum absolute atomic E-state index is 12.0. The third-order valence-corrected chi connectivity index (χ3v) is 3.90. The Morgan fingerprint density at radius 3 is 2.42 bits per heavy atom. The molecule has 0 aliphatic heterocycles. The van der Waals surface area contributed by atoms with Gasteiger partial charge in [0, 0.05) is 0 Å². The maximum Gasteiger partial charge on any atom is 0.276 e. The average Bonchev–Trinajstić information content (AvgIpc) is 2.65. The second-order valence-corrected chi connectivity index (χ2v) is 6.04. The molecule has 2 amide bonds. The average molecular weight is 392 g/mol. The number of amides is 2. The van der Waals surface area contributed by atoms with Crippen molar-refractivity contribution in [2.45, 2.75) is 13.3 Å². The highest BCUT2D eigenvalue weighted by Crippen LogP contribution is 2.14. The van der Waals surface area contributed by atoms with Crippen LogP contribution in [0.25, 0.3) is 0 Å². The van der Waals surface area contributed by atoms with E-state index in [9.17, 15) is 9.59 Å². The van der Waals surface area contributed by atoms with Crippen molar-refractivity contribution in [3.63, 3.8) is 0 Å². The lowest BCUT2D eigenvalue weighted by Crippen LogP contribution is -2.49. The van der Waals surface area contributed by atoms with E-state index in [1.54, 1.807) is 36.4 Å². The summed E-state index contributed by atoms with van der Waals surface area (Å²) in [5.41, 5.74) is 6.24. The van der Waals surface area contributed by atoms with Gasteiger partial charge >= 0.3 is 0 Å². The number of hydrazine groups is 1. The lowest BCUT2D eigenvalue weighted by Gasteiger charge is -2.12. The molecular weight excluding hydrogens is 374 g/mol. The van der Waals surface area contributed by atoms with E-state index in [0.29, 0.717) is 10.8 Å². The predicted molar refractivity (Wildman–Crippen MR) is 104 cm³/mol. The van der Waals surface area contributed by atoms with E-state index in [-0.39, 0.29) is 17.3 Å². The lowest BCUT2D eigenvalue weighted by atomic mass is 10.2. The first-order valence-corrected chi connectivity index (χ1v) is 8.64. The van der Waals surface area contributed by atoms with Gasteiger partial charge in [0.05, 0.1) is 10.6 Å². The number of halogens is 1. The van der Waals surface area contributed by atoms with Crippen molar-refractivity contribution in [2.24, 2.45) is 0 Å². The number of rotatable bonds is 5. The Balaban J connectivity index is 1.73. The minimum atomic E-state index is -0.477. The summed E-state index contributed by atoms with van der Waals surface area (Å²) < 4.78 is 5.37. The van der Waals surface area contributed by atoms with Gasteiger partial charge in [-0.1, -0.05) is 42.8 Å². The van der Waals surface area contributed by atoms with Crippen molar-refractivity contribution in [3.8, 4) is 5.75 Å². The van der Waals surface area contributed by atoms with Crippen LogP contribution in [0.15, 0.2) is 48.5 Å². The van der Waals surface area contributed by atoms with E-state index in [0.717, 1.165) is 6.42 Å². The molecule has 0 aliphatic carbocycles. The summed E-state index contributed by atoms with van der Waals surface area (Å²) in [5, 5.41) is 2.67. The van der Waals surface area contributed by atoms with Gasteiger partial charge in [0.15, 0.2) is 11.7 Å². The molecule has 8 heteroatoms. The number of nitrogens with one attached hydrogen (secondary N) is 3. The van der Waals surface area contributed by atoms with E-state index >= 15 is 0 Å². The quantitative estimate of drug-likeness (QED) is 0.539. The molecule has 0 fully saturated rings. The van der Waals surface area contributed by atoms with Crippen molar-refractivity contribution in [1.29, 1.82) is 0 Å². The fourth-order valence-electron chi connectivity index (χ4n) is 1.98. The summed E-state index contributed by atoms with van der Waals surface area (Å²) in [5.74, 6) is -0.333. The Labute approximate surface area is 161 Å². The van der Waals surface area contributed by atoms with Crippen LogP contribution in [-0.4, -0.2) is 23.5 Å². The zero-order chi connectivity index (χ0) is 18.9. The Hall–Kier alpha value is -2.64. The zero-order valence-electron chi connectivity index (χ0n) is 14.0. The van der Waals surface area contributed by atoms with Crippen molar-refractivity contribution in [2.75, 3.05) is 6.61 Å². The number of hydrogen-bond donors (Lipinski definition) is 3. The topological polar surface area (TPSA) is 79.5 Å². The molecular formula is C18H18ClN3O3S. The minimum Gasteiger partial charge on any atom is -0.484 e. The smallest absolute Gasteiger partial charge is 0.276 e. The van der Waals surface area contributed by atoms with Gasteiger partial charge in [-0.25, -0.2) is 0 Å². The molecule has 0 aliphatic rings. The van der Waals surface area contributed by atoms with Gasteiger partial charge in [-0.2, -0.15) is 0 Å². The number of hydrogen-bond acceptors (Lipinski definition) is 4. The predicted octanol–water partition coefficient (Wildman–Crippen LogP) is 2.62. The summed E-state index contributed by atoms with van der Waals surface area (Å²) in [4.78, 5) is 23.8. The van der Waals surface area contributed by atoms with Crippen LogP contribution >= 0.6 is 23.8 Å². The van der Waals surface area contributed by atoms with Crippen LogP contribution < -0.4 is 20.9 Å². The highest BCUT2D eigenvalue weighted by atomic mass is 35.5. The molecule has 0 saturated heterocycles. The van der Waals surface area contributed by atoms with Crippen LogP contribution in [0, 0.1) is 0 Å². The highest BCUT2D eigenvalue weighted by molar-refractivity contribution is 7.80. The molecule has 0 unspecified atom stereocenters. The Morgan fingerprint density at radius 2 is 1.77 bits per heavy atom. The van der Waals surface area contributed by atoms with Crippen LogP contribution in [0.4, 0.5) is 0 Å². The van der Waals surface area contributed by atoms with Crippen LogP contribution in [0.1, 0.15) is 22.8 Å². The first-order chi connectivity index (χ1) is 12.5. The van der Waals surface area contributed by atoms with E-state index < -0.39 is 11.8 Å². The van der Waals surface area contributed by atoms with Gasteiger partial charge in [0.25, 0.3) is 11.8 Å². The molecule has 136 valence electrons. The van der Waals surface area contributed by atoms with Gasteiger partial charge in [-0.3, -0.25) is 25.8 Å². The molecule has 0 saturated carbocycles. The fraction of sp³-hybridized carbons (Fsp3) is 0.167. The first kappa shape index (κ1) is 19.7.